The summed E-state index contributed by atoms with van der Waals surface area (Å²) in [6, 6.07) is 8.18. The average molecular weight is 345 g/mol. The first-order chi connectivity index (χ1) is 12.0. The monoisotopic (exact) mass is 345 g/mol. The number of hydrogen-bond acceptors (Lipinski definition) is 4. The van der Waals surface area contributed by atoms with Crippen LogP contribution < -0.4 is 16.0 Å². The summed E-state index contributed by atoms with van der Waals surface area (Å²) in [6.45, 7) is -3.08. The molecule has 1 aliphatic carbocycles. The van der Waals surface area contributed by atoms with Gasteiger partial charge in [-0.2, -0.15) is 8.78 Å². The van der Waals surface area contributed by atoms with Gasteiger partial charge in [0.15, 0.2) is 0 Å². The van der Waals surface area contributed by atoms with Crippen molar-refractivity contribution in [3.63, 3.8) is 0 Å². The van der Waals surface area contributed by atoms with Crippen molar-refractivity contribution in [2.75, 3.05) is 0 Å². The van der Waals surface area contributed by atoms with Crippen LogP contribution >= 0.6 is 0 Å². The van der Waals surface area contributed by atoms with E-state index in [0.717, 1.165) is 23.0 Å². The van der Waals surface area contributed by atoms with Crippen LogP contribution in [0.25, 0.3) is 16.6 Å². The summed E-state index contributed by atoms with van der Waals surface area (Å²) >= 11 is 0. The number of aromatic amines is 1. The Bertz CT molecular complexity index is 1070. The van der Waals surface area contributed by atoms with Crippen molar-refractivity contribution in [3.8, 4) is 11.6 Å². The summed E-state index contributed by atoms with van der Waals surface area (Å²) in [4.78, 5) is 30.5. The van der Waals surface area contributed by atoms with E-state index in [1.54, 1.807) is 12.1 Å². The minimum absolute atomic E-state index is 0.0435. The van der Waals surface area contributed by atoms with E-state index in [4.69, 9.17) is 0 Å². The smallest absolute Gasteiger partial charge is 0.388 e. The van der Waals surface area contributed by atoms with Gasteiger partial charge in [-0.05, 0) is 48.6 Å². The predicted octanol–water partition coefficient (Wildman–Crippen LogP) is 2.55. The van der Waals surface area contributed by atoms with Crippen molar-refractivity contribution >= 4 is 10.9 Å². The molecular weight excluding hydrogens is 332 g/mol. The number of fused-ring (bicyclic) bond motifs is 1. The molecule has 0 aliphatic heterocycles. The Morgan fingerprint density at radius 2 is 2.04 bits per heavy atom. The van der Waals surface area contributed by atoms with Crippen molar-refractivity contribution in [1.29, 1.82) is 0 Å². The molecule has 1 aromatic carbocycles. The van der Waals surface area contributed by atoms with Crippen molar-refractivity contribution < 1.29 is 13.5 Å². The van der Waals surface area contributed by atoms with Crippen LogP contribution in [0.4, 0.5) is 8.78 Å². The third-order valence-corrected chi connectivity index (χ3v) is 4.17. The molecule has 2 aromatic heterocycles. The molecule has 6 nitrogen and oxygen atoms in total. The molecule has 0 bridgehead atoms. The molecular formula is C17H13F2N3O3. The molecule has 3 aromatic rings. The van der Waals surface area contributed by atoms with Gasteiger partial charge < -0.3 is 4.74 Å². The number of nitrogens with zero attached hydrogens (tertiary/aromatic N) is 2. The maximum absolute atomic E-state index is 12.7. The van der Waals surface area contributed by atoms with E-state index >= 15 is 0 Å². The number of benzene rings is 1. The second-order valence-electron chi connectivity index (χ2n) is 5.85. The van der Waals surface area contributed by atoms with Crippen LogP contribution in [0.2, 0.25) is 0 Å². The number of pyridine rings is 1. The second kappa shape index (κ2) is 5.80. The summed E-state index contributed by atoms with van der Waals surface area (Å²) in [5, 5.41) is 0.288. The average Bonchev–Trinajstić information content (AvgIpc) is 3.40. The van der Waals surface area contributed by atoms with Crippen LogP contribution in [0.3, 0.4) is 0 Å². The fraction of sp³-hybridized carbons (Fsp3) is 0.235. The molecule has 0 spiro atoms. The summed E-state index contributed by atoms with van der Waals surface area (Å²) in [7, 11) is 0. The van der Waals surface area contributed by atoms with Crippen molar-refractivity contribution in [2.45, 2.75) is 25.4 Å². The van der Waals surface area contributed by atoms with Crippen LogP contribution in [-0.4, -0.2) is 21.1 Å². The van der Waals surface area contributed by atoms with Gasteiger partial charge in [0.2, 0.25) is 5.88 Å². The van der Waals surface area contributed by atoms with Crippen LogP contribution in [0.1, 0.15) is 24.3 Å². The molecule has 0 unspecified atom stereocenters. The topological polar surface area (TPSA) is 77.0 Å². The Hall–Kier alpha value is -3.03. The number of halogens is 2. The summed E-state index contributed by atoms with van der Waals surface area (Å²) in [6.07, 6.45) is 3.38. The summed E-state index contributed by atoms with van der Waals surface area (Å²) in [5.41, 5.74) is 0.120. The van der Waals surface area contributed by atoms with Gasteiger partial charge in [-0.3, -0.25) is 14.3 Å². The number of hydrogen-bond donors (Lipinski definition) is 1. The summed E-state index contributed by atoms with van der Waals surface area (Å²) in [5.74, 6) is 0.0164. The number of nitrogens with one attached hydrogen (secondary N) is 1. The molecule has 1 saturated carbocycles. The first-order valence-corrected chi connectivity index (χ1v) is 7.74. The lowest BCUT2D eigenvalue weighted by atomic mass is 10.1. The Labute approximate surface area is 139 Å². The Morgan fingerprint density at radius 3 is 2.76 bits per heavy atom. The first kappa shape index (κ1) is 15.5. The van der Waals surface area contributed by atoms with Crippen LogP contribution in [0.15, 0.2) is 46.1 Å². The van der Waals surface area contributed by atoms with E-state index < -0.39 is 17.9 Å². The highest BCUT2D eigenvalue weighted by Gasteiger charge is 2.25. The minimum Gasteiger partial charge on any atom is -0.415 e. The lowest BCUT2D eigenvalue weighted by Crippen LogP contribution is -2.30. The van der Waals surface area contributed by atoms with Gasteiger partial charge in [0, 0.05) is 6.20 Å². The zero-order valence-corrected chi connectivity index (χ0v) is 12.9. The van der Waals surface area contributed by atoms with E-state index in [1.807, 2.05) is 6.07 Å². The highest BCUT2D eigenvalue weighted by atomic mass is 19.3. The van der Waals surface area contributed by atoms with E-state index in [0.29, 0.717) is 11.4 Å². The molecule has 0 saturated heterocycles. The Balaban J connectivity index is 2.03. The van der Waals surface area contributed by atoms with Crippen molar-refractivity contribution in [2.24, 2.45) is 0 Å². The molecule has 1 aliphatic rings. The van der Waals surface area contributed by atoms with Gasteiger partial charge in [0.1, 0.15) is 5.69 Å². The van der Waals surface area contributed by atoms with Crippen LogP contribution in [0.5, 0.6) is 5.88 Å². The molecule has 128 valence electrons. The molecule has 25 heavy (non-hydrogen) atoms. The Morgan fingerprint density at radius 1 is 1.24 bits per heavy atom. The van der Waals surface area contributed by atoms with E-state index in [2.05, 4.69) is 14.7 Å². The molecule has 1 fully saturated rings. The van der Waals surface area contributed by atoms with Gasteiger partial charge in [-0.15, -0.1) is 0 Å². The van der Waals surface area contributed by atoms with Gasteiger partial charge in [-0.1, -0.05) is 6.07 Å². The zero-order valence-electron chi connectivity index (χ0n) is 12.9. The van der Waals surface area contributed by atoms with Gasteiger partial charge in [0.25, 0.3) is 5.56 Å². The number of rotatable bonds is 4. The predicted molar refractivity (Wildman–Crippen MR) is 86.6 cm³/mol. The largest absolute Gasteiger partial charge is 0.415 e. The van der Waals surface area contributed by atoms with Crippen molar-refractivity contribution in [1.82, 2.24) is 14.5 Å². The first-order valence-electron chi connectivity index (χ1n) is 7.74. The number of aromatic nitrogens is 3. The fourth-order valence-corrected chi connectivity index (χ4v) is 2.89. The third kappa shape index (κ3) is 2.79. The lowest BCUT2D eigenvalue weighted by Gasteiger charge is -2.14. The van der Waals surface area contributed by atoms with Crippen molar-refractivity contribution in [3.05, 3.63) is 62.9 Å². The maximum atomic E-state index is 12.7. The number of H-pyrrole nitrogens is 1. The van der Waals surface area contributed by atoms with Gasteiger partial charge in [-0.25, -0.2) is 9.78 Å². The third-order valence-electron chi connectivity index (χ3n) is 4.17. The highest BCUT2D eigenvalue weighted by Crippen LogP contribution is 2.40. The fourth-order valence-electron chi connectivity index (χ4n) is 2.89. The zero-order chi connectivity index (χ0) is 17.6. The van der Waals surface area contributed by atoms with E-state index in [-0.39, 0.29) is 17.0 Å². The standard InChI is InChI=1S/C17H13F2N3O3/c18-16(19)25-15-12(2-1-7-20-15)22-13-8-10(9-3-4-9)5-6-11(13)14(23)21-17(22)24/h1-2,5-9,16H,3-4H2,(H,21,23,24). The molecule has 8 heteroatoms. The van der Waals surface area contributed by atoms with Crippen LogP contribution in [-0.2, 0) is 0 Å². The molecule has 0 atom stereocenters. The quantitative estimate of drug-likeness (QED) is 0.788. The van der Waals surface area contributed by atoms with E-state index in [9.17, 15) is 18.4 Å². The SMILES string of the molecule is O=c1[nH]c(=O)n(-c2cccnc2OC(F)F)c2cc(C3CC3)ccc12. The normalized spacial score (nSPS) is 14.2. The Kier molecular flexibility index (Phi) is 3.60. The number of alkyl halides is 2. The second-order valence-corrected chi connectivity index (χ2v) is 5.85. The molecule has 1 N–H and O–H groups in total. The minimum atomic E-state index is -3.08. The molecule has 4 rings (SSSR count). The molecule has 0 radical (unpaired) electrons. The maximum Gasteiger partial charge on any atom is 0.388 e. The molecule has 2 heterocycles. The summed E-state index contributed by atoms with van der Waals surface area (Å²) < 4.78 is 30.9. The highest BCUT2D eigenvalue weighted by molar-refractivity contribution is 5.81. The van der Waals surface area contributed by atoms with Gasteiger partial charge in [0.05, 0.1) is 10.9 Å². The van der Waals surface area contributed by atoms with Crippen LogP contribution in [0, 0.1) is 0 Å². The van der Waals surface area contributed by atoms with E-state index in [1.165, 1.54) is 18.3 Å². The van der Waals surface area contributed by atoms with Gasteiger partial charge >= 0.3 is 12.3 Å². The molecule has 0 amide bonds. The lowest BCUT2D eigenvalue weighted by molar-refractivity contribution is -0.0528. The number of ether oxygens (including phenoxy) is 1.